The van der Waals surface area contributed by atoms with Gasteiger partial charge in [0.1, 0.15) is 0 Å². The van der Waals surface area contributed by atoms with E-state index in [4.69, 9.17) is 16.1 Å². The summed E-state index contributed by atoms with van der Waals surface area (Å²) in [7, 11) is -3.48. The number of carbonyl (C=O) groups is 1. The molecule has 0 fully saturated rings. The normalized spacial score (nSPS) is 11.6. The molecule has 1 aromatic heterocycles. The first-order valence-electron chi connectivity index (χ1n) is 5.69. The number of hydrogen-bond acceptors (Lipinski definition) is 5. The summed E-state index contributed by atoms with van der Waals surface area (Å²) in [5.41, 5.74) is 1.62. The summed E-state index contributed by atoms with van der Waals surface area (Å²) in [6.45, 7) is 3.34. The molecule has 0 bridgehead atoms. The van der Waals surface area contributed by atoms with Crippen LogP contribution < -0.4 is 0 Å². The zero-order chi connectivity index (χ0) is 15.1. The molecule has 1 heterocycles. The third kappa shape index (κ3) is 2.62. The van der Waals surface area contributed by atoms with E-state index in [9.17, 15) is 13.2 Å². The standard InChI is InChI=1S/C13H12ClNO4S/c1-7-6-10(19-15-7)12-8(2)9(13(14)16)4-5-11(12)20(3,17)18/h4-6H,1-3H3. The minimum atomic E-state index is -3.48. The highest BCUT2D eigenvalue weighted by molar-refractivity contribution is 7.90. The van der Waals surface area contributed by atoms with E-state index >= 15 is 0 Å². The van der Waals surface area contributed by atoms with Gasteiger partial charge in [-0.15, -0.1) is 0 Å². The van der Waals surface area contributed by atoms with Gasteiger partial charge >= 0.3 is 0 Å². The monoisotopic (exact) mass is 313 g/mol. The number of nitrogens with zero attached hydrogens (tertiary/aromatic N) is 1. The molecular formula is C13H12ClNO4S. The van der Waals surface area contributed by atoms with Gasteiger partial charge in [-0.1, -0.05) is 5.16 Å². The Morgan fingerprint density at radius 1 is 1.30 bits per heavy atom. The molecule has 0 radical (unpaired) electrons. The fourth-order valence-corrected chi connectivity index (χ4v) is 3.14. The van der Waals surface area contributed by atoms with Gasteiger partial charge in [-0.2, -0.15) is 0 Å². The molecule has 1 aromatic carbocycles. The van der Waals surface area contributed by atoms with Crippen LogP contribution in [0.25, 0.3) is 11.3 Å². The largest absolute Gasteiger partial charge is 0.356 e. The van der Waals surface area contributed by atoms with Crippen molar-refractivity contribution in [3.05, 3.63) is 35.0 Å². The molecule has 0 amide bonds. The Bertz CT molecular complexity index is 793. The summed E-state index contributed by atoms with van der Waals surface area (Å²) < 4.78 is 28.9. The minimum Gasteiger partial charge on any atom is -0.356 e. The Morgan fingerprint density at radius 2 is 1.95 bits per heavy atom. The van der Waals surface area contributed by atoms with Crippen LogP contribution in [0.15, 0.2) is 27.6 Å². The Balaban J connectivity index is 2.86. The molecule has 2 rings (SSSR count). The maximum Gasteiger partial charge on any atom is 0.252 e. The highest BCUT2D eigenvalue weighted by Gasteiger charge is 2.23. The van der Waals surface area contributed by atoms with E-state index in [-0.39, 0.29) is 10.5 Å². The van der Waals surface area contributed by atoms with Crippen LogP contribution in [0.1, 0.15) is 21.6 Å². The van der Waals surface area contributed by atoms with E-state index in [2.05, 4.69) is 5.16 Å². The lowest BCUT2D eigenvalue weighted by molar-refractivity contribution is 0.108. The highest BCUT2D eigenvalue weighted by atomic mass is 35.5. The summed E-state index contributed by atoms with van der Waals surface area (Å²) in [5, 5.41) is 3.09. The smallest absolute Gasteiger partial charge is 0.252 e. The van der Waals surface area contributed by atoms with Gasteiger partial charge in [0.05, 0.1) is 10.6 Å². The molecule has 0 N–H and O–H groups in total. The molecule has 0 aliphatic carbocycles. The Morgan fingerprint density at radius 3 is 2.40 bits per heavy atom. The predicted molar refractivity (Wildman–Crippen MR) is 74.7 cm³/mol. The number of halogens is 1. The van der Waals surface area contributed by atoms with Gasteiger partial charge in [-0.05, 0) is 43.1 Å². The number of benzene rings is 1. The maximum atomic E-state index is 11.9. The number of carbonyl (C=O) groups excluding carboxylic acids is 1. The van der Waals surface area contributed by atoms with Crippen LogP contribution in [0.4, 0.5) is 0 Å². The number of hydrogen-bond donors (Lipinski definition) is 0. The molecule has 0 saturated heterocycles. The van der Waals surface area contributed by atoms with Gasteiger partial charge in [-0.25, -0.2) is 8.42 Å². The summed E-state index contributed by atoms with van der Waals surface area (Å²) in [5.74, 6) is 0.292. The van der Waals surface area contributed by atoms with Crippen molar-refractivity contribution in [1.29, 1.82) is 0 Å². The second kappa shape index (κ2) is 5.03. The first-order chi connectivity index (χ1) is 9.21. The van der Waals surface area contributed by atoms with Crippen molar-refractivity contribution in [3.63, 3.8) is 0 Å². The van der Waals surface area contributed by atoms with Crippen molar-refractivity contribution in [2.24, 2.45) is 0 Å². The van der Waals surface area contributed by atoms with E-state index in [1.807, 2.05) is 0 Å². The third-order valence-corrected chi connectivity index (χ3v) is 4.26. The topological polar surface area (TPSA) is 77.2 Å². The lowest BCUT2D eigenvalue weighted by Gasteiger charge is -2.11. The second-order valence-electron chi connectivity index (χ2n) is 4.49. The van der Waals surface area contributed by atoms with Crippen molar-refractivity contribution < 1.29 is 17.7 Å². The van der Waals surface area contributed by atoms with Gasteiger partial charge < -0.3 is 4.52 Å². The number of aryl methyl sites for hydroxylation is 1. The molecular weight excluding hydrogens is 302 g/mol. The Hall–Kier alpha value is -1.66. The summed E-state index contributed by atoms with van der Waals surface area (Å²) in [4.78, 5) is 11.5. The lowest BCUT2D eigenvalue weighted by atomic mass is 10.0. The summed E-state index contributed by atoms with van der Waals surface area (Å²) >= 11 is 5.51. The fraction of sp³-hybridized carbons (Fsp3) is 0.231. The molecule has 0 aliphatic rings. The molecule has 5 nitrogen and oxygen atoms in total. The zero-order valence-corrected chi connectivity index (χ0v) is 12.7. The lowest BCUT2D eigenvalue weighted by Crippen LogP contribution is -2.05. The maximum absolute atomic E-state index is 11.9. The van der Waals surface area contributed by atoms with Crippen molar-refractivity contribution in [1.82, 2.24) is 5.16 Å². The van der Waals surface area contributed by atoms with Crippen molar-refractivity contribution >= 4 is 26.7 Å². The van der Waals surface area contributed by atoms with Gasteiger partial charge in [0.2, 0.25) is 0 Å². The minimum absolute atomic E-state index is 0.0767. The van der Waals surface area contributed by atoms with Crippen LogP contribution in [0.2, 0.25) is 0 Å². The van der Waals surface area contributed by atoms with Crippen LogP contribution in [-0.2, 0) is 9.84 Å². The Labute approximate surface area is 121 Å². The molecule has 0 aliphatic heterocycles. The number of sulfone groups is 1. The SMILES string of the molecule is Cc1cc(-c2c(S(C)(=O)=O)ccc(C(=O)Cl)c2C)on1. The Kier molecular flexibility index (Phi) is 3.71. The van der Waals surface area contributed by atoms with Crippen molar-refractivity contribution in [2.75, 3.05) is 6.26 Å². The van der Waals surface area contributed by atoms with Gasteiger partial charge in [0, 0.05) is 23.4 Å². The van der Waals surface area contributed by atoms with E-state index < -0.39 is 15.1 Å². The molecule has 20 heavy (non-hydrogen) atoms. The quantitative estimate of drug-likeness (QED) is 0.814. The van der Waals surface area contributed by atoms with Gasteiger partial charge in [0.25, 0.3) is 5.24 Å². The average molecular weight is 314 g/mol. The van der Waals surface area contributed by atoms with Crippen LogP contribution in [-0.4, -0.2) is 25.1 Å². The van der Waals surface area contributed by atoms with Crippen LogP contribution in [0.5, 0.6) is 0 Å². The van der Waals surface area contributed by atoms with E-state index in [0.717, 1.165) is 6.26 Å². The molecule has 0 saturated carbocycles. The average Bonchev–Trinajstić information content (AvgIpc) is 2.73. The first-order valence-corrected chi connectivity index (χ1v) is 7.96. The van der Waals surface area contributed by atoms with Crippen LogP contribution >= 0.6 is 11.6 Å². The van der Waals surface area contributed by atoms with Crippen LogP contribution in [0.3, 0.4) is 0 Å². The number of rotatable bonds is 3. The fourth-order valence-electron chi connectivity index (χ4n) is 2.00. The van der Waals surface area contributed by atoms with Gasteiger partial charge in [0.15, 0.2) is 15.6 Å². The second-order valence-corrected chi connectivity index (χ2v) is 6.82. The molecule has 0 unspecified atom stereocenters. The number of aromatic nitrogens is 1. The summed E-state index contributed by atoms with van der Waals surface area (Å²) in [6, 6.07) is 4.36. The predicted octanol–water partition coefficient (Wildman–Crippen LogP) is 2.74. The molecule has 0 spiro atoms. The summed E-state index contributed by atoms with van der Waals surface area (Å²) in [6.07, 6.45) is 1.09. The van der Waals surface area contributed by atoms with Crippen molar-refractivity contribution in [2.45, 2.75) is 18.7 Å². The highest BCUT2D eigenvalue weighted by Crippen LogP contribution is 2.33. The molecule has 2 aromatic rings. The molecule has 0 atom stereocenters. The molecule has 7 heteroatoms. The molecule has 106 valence electrons. The van der Waals surface area contributed by atoms with E-state index in [0.29, 0.717) is 22.6 Å². The van der Waals surface area contributed by atoms with Crippen molar-refractivity contribution in [3.8, 4) is 11.3 Å². The van der Waals surface area contributed by atoms with E-state index in [1.165, 1.54) is 12.1 Å². The third-order valence-electron chi connectivity index (χ3n) is 2.91. The first kappa shape index (κ1) is 14.7. The van der Waals surface area contributed by atoms with Gasteiger partial charge in [-0.3, -0.25) is 4.79 Å². The van der Waals surface area contributed by atoms with E-state index in [1.54, 1.807) is 19.9 Å². The zero-order valence-electron chi connectivity index (χ0n) is 11.1. The van der Waals surface area contributed by atoms with Crippen LogP contribution in [0, 0.1) is 13.8 Å².